The normalized spacial score (nSPS) is 31.1. The van der Waals surface area contributed by atoms with Gasteiger partial charge in [0.2, 0.25) is 11.8 Å². The van der Waals surface area contributed by atoms with Crippen LogP contribution in [0.1, 0.15) is 13.3 Å². The Balaban J connectivity index is 1.45. The lowest BCUT2D eigenvalue weighted by Crippen LogP contribution is -2.56. The number of carbonyl (C=O) groups excluding carboxylic acids is 3. The molecule has 40 heavy (non-hydrogen) atoms. The van der Waals surface area contributed by atoms with Gasteiger partial charge in [0.05, 0.1) is 24.5 Å². The molecule has 1 N–H and O–H groups in total. The van der Waals surface area contributed by atoms with E-state index >= 15 is 0 Å². The van der Waals surface area contributed by atoms with Crippen LogP contribution in [0.4, 0.5) is 11.4 Å². The Morgan fingerprint density at radius 1 is 0.875 bits per heavy atom. The third-order valence-corrected chi connectivity index (χ3v) is 8.57. The van der Waals surface area contributed by atoms with Gasteiger partial charge in [0.15, 0.2) is 0 Å². The number of aliphatic hydroxyl groups is 1. The Bertz CT molecular complexity index is 1380. The molecule has 0 radical (unpaired) electrons. The van der Waals surface area contributed by atoms with Crippen LogP contribution in [-0.2, 0) is 19.1 Å². The van der Waals surface area contributed by atoms with Crippen LogP contribution < -0.4 is 14.5 Å². The number of rotatable bonds is 6. The molecule has 0 bridgehead atoms. The zero-order valence-electron chi connectivity index (χ0n) is 22.6. The molecule has 2 saturated heterocycles. The number of ether oxygens (including phenoxy) is 2. The molecule has 4 heterocycles. The molecule has 1 spiro atoms. The van der Waals surface area contributed by atoms with Gasteiger partial charge in [0, 0.05) is 37.6 Å². The van der Waals surface area contributed by atoms with Crippen molar-refractivity contribution in [2.45, 2.75) is 30.6 Å². The van der Waals surface area contributed by atoms with Crippen LogP contribution in [0.25, 0.3) is 0 Å². The lowest BCUT2D eigenvalue weighted by molar-refractivity contribution is -0.144. The highest BCUT2D eigenvalue weighted by Crippen LogP contribution is 2.57. The highest BCUT2D eigenvalue weighted by Gasteiger charge is 2.74. The highest BCUT2D eigenvalue weighted by atomic mass is 16.5. The van der Waals surface area contributed by atoms with Gasteiger partial charge in [-0.3, -0.25) is 14.4 Å². The molecule has 0 saturated carbocycles. The van der Waals surface area contributed by atoms with Crippen molar-refractivity contribution >= 4 is 29.1 Å². The third-order valence-electron chi connectivity index (χ3n) is 8.57. The average molecular weight is 544 g/mol. The van der Waals surface area contributed by atoms with Crippen LogP contribution in [0, 0.1) is 11.8 Å². The average Bonchev–Trinajstić information content (AvgIpc) is 3.23. The summed E-state index contributed by atoms with van der Waals surface area (Å²) in [5.41, 5.74) is -1.04. The predicted molar refractivity (Wildman–Crippen MR) is 149 cm³/mol. The molecule has 2 aromatic rings. The molecule has 9 heteroatoms. The van der Waals surface area contributed by atoms with Crippen LogP contribution in [-0.4, -0.2) is 78.3 Å². The van der Waals surface area contributed by atoms with E-state index in [2.05, 4.69) is 0 Å². The molecular formula is C31H33N3O6. The van der Waals surface area contributed by atoms with Crippen molar-refractivity contribution in [3.63, 3.8) is 0 Å². The summed E-state index contributed by atoms with van der Waals surface area (Å²) in [5.74, 6) is -1.89. The number of fused-ring (bicyclic) bond motifs is 2. The second kappa shape index (κ2) is 9.91. The Kier molecular flexibility index (Phi) is 6.51. The first-order valence-corrected chi connectivity index (χ1v) is 13.6. The number of hydrogen-bond donors (Lipinski definition) is 1. The molecule has 1 unspecified atom stereocenters. The smallest absolute Gasteiger partial charge is 0.253 e. The van der Waals surface area contributed by atoms with Crippen LogP contribution in [0.15, 0.2) is 78.9 Å². The van der Waals surface area contributed by atoms with E-state index in [0.29, 0.717) is 24.4 Å². The van der Waals surface area contributed by atoms with Gasteiger partial charge in [0.25, 0.3) is 5.91 Å². The summed E-state index contributed by atoms with van der Waals surface area (Å²) >= 11 is 0. The van der Waals surface area contributed by atoms with Crippen LogP contribution >= 0.6 is 0 Å². The van der Waals surface area contributed by atoms with E-state index in [1.54, 1.807) is 41.2 Å². The topological polar surface area (TPSA) is 99.6 Å². The lowest BCUT2D eigenvalue weighted by atomic mass is 9.74. The monoisotopic (exact) mass is 543 g/mol. The number of anilines is 2. The van der Waals surface area contributed by atoms with Crippen molar-refractivity contribution in [2.24, 2.45) is 11.8 Å². The van der Waals surface area contributed by atoms with Gasteiger partial charge in [-0.05, 0) is 49.7 Å². The first-order chi connectivity index (χ1) is 19.3. The number of methoxy groups -OCH3 is 1. The minimum atomic E-state index is -1.34. The van der Waals surface area contributed by atoms with E-state index in [1.807, 2.05) is 61.6 Å². The molecule has 208 valence electrons. The summed E-state index contributed by atoms with van der Waals surface area (Å²) in [6.07, 6.45) is 7.76. The summed E-state index contributed by atoms with van der Waals surface area (Å²) < 4.78 is 12.1. The SMILES string of the molecule is COc1ccc(N2CC=C[C@]34O[C@]5(C)C=CCN(c6ccccc6)C(=O)[C@@H]5[C@H]3C(=O)N(CCCO)C4C2=O)cc1. The minimum Gasteiger partial charge on any atom is -0.497 e. The van der Waals surface area contributed by atoms with Crippen molar-refractivity contribution in [3.8, 4) is 5.75 Å². The van der Waals surface area contributed by atoms with E-state index < -0.39 is 29.1 Å². The largest absolute Gasteiger partial charge is 0.497 e. The molecule has 3 amide bonds. The van der Waals surface area contributed by atoms with Gasteiger partial charge in [-0.15, -0.1) is 0 Å². The number of hydrogen-bond acceptors (Lipinski definition) is 6. The highest BCUT2D eigenvalue weighted by molar-refractivity contribution is 6.07. The minimum absolute atomic E-state index is 0.133. The van der Waals surface area contributed by atoms with Gasteiger partial charge in [0.1, 0.15) is 17.4 Å². The summed E-state index contributed by atoms with van der Waals surface area (Å²) in [5, 5.41) is 9.62. The molecule has 4 aliphatic heterocycles. The van der Waals surface area contributed by atoms with Crippen molar-refractivity contribution in [1.82, 2.24) is 4.90 Å². The number of amides is 3. The molecule has 6 rings (SSSR count). The second-order valence-electron chi connectivity index (χ2n) is 10.8. The number of benzene rings is 2. The Hall–Kier alpha value is -3.95. The maximum Gasteiger partial charge on any atom is 0.253 e. The Morgan fingerprint density at radius 3 is 2.20 bits per heavy atom. The van der Waals surface area contributed by atoms with Crippen molar-refractivity contribution in [1.29, 1.82) is 0 Å². The number of nitrogens with zero attached hydrogens (tertiary/aromatic N) is 3. The number of likely N-dealkylation sites (tertiary alicyclic amines) is 1. The number of para-hydroxylation sites is 1. The van der Waals surface area contributed by atoms with E-state index in [1.165, 1.54) is 4.90 Å². The quantitative estimate of drug-likeness (QED) is 0.563. The van der Waals surface area contributed by atoms with Crippen LogP contribution in [0.2, 0.25) is 0 Å². The number of aliphatic hydroxyl groups excluding tert-OH is 1. The lowest BCUT2D eigenvalue weighted by Gasteiger charge is -2.37. The van der Waals surface area contributed by atoms with Crippen LogP contribution in [0.5, 0.6) is 5.75 Å². The Morgan fingerprint density at radius 2 is 1.52 bits per heavy atom. The second-order valence-corrected chi connectivity index (χ2v) is 10.8. The Labute approximate surface area is 233 Å². The summed E-state index contributed by atoms with van der Waals surface area (Å²) in [6, 6.07) is 15.6. The molecular weight excluding hydrogens is 510 g/mol. The molecule has 2 fully saturated rings. The summed E-state index contributed by atoms with van der Waals surface area (Å²) in [4.78, 5) is 47.8. The summed E-state index contributed by atoms with van der Waals surface area (Å²) in [7, 11) is 1.58. The maximum atomic E-state index is 14.4. The molecule has 0 aliphatic carbocycles. The summed E-state index contributed by atoms with van der Waals surface area (Å²) in [6.45, 7) is 2.51. The molecule has 2 aromatic carbocycles. The van der Waals surface area contributed by atoms with Gasteiger partial charge in [-0.1, -0.05) is 42.5 Å². The first-order valence-electron chi connectivity index (χ1n) is 13.6. The molecule has 9 nitrogen and oxygen atoms in total. The van der Waals surface area contributed by atoms with Crippen molar-refractivity contribution in [3.05, 3.63) is 78.9 Å². The van der Waals surface area contributed by atoms with E-state index in [4.69, 9.17) is 9.47 Å². The zero-order valence-corrected chi connectivity index (χ0v) is 22.6. The third kappa shape index (κ3) is 3.87. The van der Waals surface area contributed by atoms with E-state index in [0.717, 1.165) is 5.69 Å². The standard InChI is InChI=1S/C31H33N3O6/c1-30-15-6-17-32(21-9-4-3-5-10-21)27(36)24(30)25-28(37)34(19-8-20-35)26-29(38)33(18-7-16-31(25,26)40-30)22-11-13-23(39-2)14-12-22/h3-7,9-16,24-26,35H,8,17-20H2,1-2H3/t24-,25-,26?,30+,31-/m0/s1. The molecule has 0 aromatic heterocycles. The van der Waals surface area contributed by atoms with Crippen molar-refractivity contribution in [2.75, 3.05) is 43.2 Å². The van der Waals surface area contributed by atoms with Crippen molar-refractivity contribution < 1.29 is 29.0 Å². The zero-order chi connectivity index (χ0) is 28.1. The van der Waals surface area contributed by atoms with E-state index in [-0.39, 0.29) is 37.4 Å². The van der Waals surface area contributed by atoms with Crippen LogP contribution in [0.3, 0.4) is 0 Å². The van der Waals surface area contributed by atoms with Gasteiger partial charge in [-0.2, -0.15) is 0 Å². The van der Waals surface area contributed by atoms with Gasteiger partial charge in [-0.25, -0.2) is 0 Å². The fraction of sp³-hybridized carbons (Fsp3) is 0.387. The molecule has 4 aliphatic rings. The predicted octanol–water partition coefficient (Wildman–Crippen LogP) is 2.55. The van der Waals surface area contributed by atoms with E-state index in [9.17, 15) is 19.5 Å². The van der Waals surface area contributed by atoms with Gasteiger partial charge < -0.3 is 29.3 Å². The first kappa shape index (κ1) is 26.3. The fourth-order valence-electron chi connectivity index (χ4n) is 6.84. The van der Waals surface area contributed by atoms with Gasteiger partial charge >= 0.3 is 0 Å². The fourth-order valence-corrected chi connectivity index (χ4v) is 6.84. The molecule has 5 atom stereocenters. The number of carbonyl (C=O) groups is 3. The maximum absolute atomic E-state index is 14.4.